The fraction of sp³-hybridized carbons (Fsp3) is 0.214. The molecule has 1 aliphatic heterocycles. The summed E-state index contributed by atoms with van der Waals surface area (Å²) in [5, 5.41) is 3.21. The zero-order chi connectivity index (χ0) is 22.8. The van der Waals surface area contributed by atoms with Crippen molar-refractivity contribution in [3.63, 3.8) is 0 Å². The summed E-state index contributed by atoms with van der Waals surface area (Å²) in [6.07, 6.45) is 3.38. The quantitative estimate of drug-likeness (QED) is 0.580. The van der Waals surface area contributed by atoms with Gasteiger partial charge in [-0.05, 0) is 31.1 Å². The van der Waals surface area contributed by atoms with Crippen LogP contribution in [0.2, 0.25) is 0 Å². The van der Waals surface area contributed by atoms with E-state index in [0.717, 1.165) is 16.7 Å². The van der Waals surface area contributed by atoms with E-state index in [9.17, 15) is 9.59 Å². The van der Waals surface area contributed by atoms with Crippen molar-refractivity contribution in [3.05, 3.63) is 120 Å². The average molecular weight is 426 g/mol. The summed E-state index contributed by atoms with van der Waals surface area (Å²) in [5.41, 5.74) is -0.887. The van der Waals surface area contributed by atoms with Gasteiger partial charge in [-0.3, -0.25) is 9.59 Å². The first-order chi connectivity index (χ1) is 15.4. The Kier molecular flexibility index (Phi) is 5.57. The van der Waals surface area contributed by atoms with E-state index in [2.05, 4.69) is 5.32 Å². The SMILES string of the molecule is CO[C@]1(c2ccccc2)NC(=O)C(c2ccccc2)(c2ccccc2)[C@@]1(C)/C=C/C(C)=O. The molecule has 1 fully saturated rings. The van der Waals surface area contributed by atoms with Crippen LogP contribution < -0.4 is 5.32 Å². The summed E-state index contributed by atoms with van der Waals surface area (Å²) < 4.78 is 6.21. The summed E-state index contributed by atoms with van der Waals surface area (Å²) in [4.78, 5) is 26.3. The van der Waals surface area contributed by atoms with E-state index < -0.39 is 16.6 Å². The fourth-order valence-corrected chi connectivity index (χ4v) is 5.24. The van der Waals surface area contributed by atoms with Crippen molar-refractivity contribution in [2.24, 2.45) is 5.41 Å². The number of methoxy groups -OCH3 is 1. The highest BCUT2D eigenvalue weighted by atomic mass is 16.5. The second kappa shape index (κ2) is 8.21. The number of carbonyl (C=O) groups excluding carboxylic acids is 2. The van der Waals surface area contributed by atoms with Crippen LogP contribution in [0.1, 0.15) is 30.5 Å². The van der Waals surface area contributed by atoms with Gasteiger partial charge in [-0.2, -0.15) is 0 Å². The minimum Gasteiger partial charge on any atom is -0.354 e. The van der Waals surface area contributed by atoms with Crippen molar-refractivity contribution >= 4 is 11.7 Å². The van der Waals surface area contributed by atoms with E-state index in [-0.39, 0.29) is 11.7 Å². The van der Waals surface area contributed by atoms with Crippen LogP contribution in [0.15, 0.2) is 103 Å². The summed E-state index contributed by atoms with van der Waals surface area (Å²) >= 11 is 0. The molecule has 0 aliphatic carbocycles. The molecule has 4 rings (SSSR count). The topological polar surface area (TPSA) is 55.4 Å². The van der Waals surface area contributed by atoms with Crippen LogP contribution >= 0.6 is 0 Å². The first-order valence-corrected chi connectivity index (χ1v) is 10.7. The maximum absolute atomic E-state index is 14.2. The Bertz CT molecular complexity index is 1100. The summed E-state index contributed by atoms with van der Waals surface area (Å²) in [6, 6.07) is 29.1. The van der Waals surface area contributed by atoms with Crippen LogP contribution in [-0.4, -0.2) is 18.8 Å². The molecule has 3 aromatic rings. The minimum absolute atomic E-state index is 0.0985. The number of amides is 1. The molecular weight excluding hydrogens is 398 g/mol. The predicted octanol–water partition coefficient (Wildman–Crippen LogP) is 4.75. The second-order valence-corrected chi connectivity index (χ2v) is 8.33. The van der Waals surface area contributed by atoms with Crippen LogP contribution in [0.3, 0.4) is 0 Å². The van der Waals surface area contributed by atoms with Gasteiger partial charge >= 0.3 is 0 Å². The van der Waals surface area contributed by atoms with Crippen LogP contribution in [0.5, 0.6) is 0 Å². The molecule has 4 heteroatoms. The lowest BCUT2D eigenvalue weighted by molar-refractivity contribution is -0.126. The van der Waals surface area contributed by atoms with Gasteiger partial charge in [-0.1, -0.05) is 97.1 Å². The lowest BCUT2D eigenvalue weighted by atomic mass is 9.54. The molecule has 0 bridgehead atoms. The molecule has 0 spiro atoms. The highest BCUT2D eigenvalue weighted by molar-refractivity contribution is 5.98. The molecular formula is C28H27NO3. The Labute approximate surface area is 188 Å². The monoisotopic (exact) mass is 425 g/mol. The molecule has 1 saturated heterocycles. The Balaban J connectivity index is 2.15. The lowest BCUT2D eigenvalue weighted by Crippen LogP contribution is -2.54. The Hall–Kier alpha value is -3.50. The third kappa shape index (κ3) is 2.94. The molecule has 0 aromatic heterocycles. The standard InChI is InChI=1S/C28H27NO3/c1-21(30)19-20-26(2)27(22-13-7-4-8-14-22,23-15-9-5-10-16-23)25(31)29-28(26,32-3)24-17-11-6-12-18-24/h4-20H,1-3H3,(H,29,31)/b20-19+/t26-,28+/m1/s1. The molecule has 32 heavy (non-hydrogen) atoms. The molecule has 1 aliphatic rings. The van der Waals surface area contributed by atoms with Gasteiger partial charge in [0.2, 0.25) is 5.91 Å². The van der Waals surface area contributed by atoms with Crippen molar-refractivity contribution in [1.29, 1.82) is 0 Å². The molecule has 0 radical (unpaired) electrons. The van der Waals surface area contributed by atoms with Gasteiger partial charge in [0.15, 0.2) is 11.5 Å². The number of rotatable bonds is 6. The summed E-state index contributed by atoms with van der Waals surface area (Å²) in [5.74, 6) is -0.282. The molecule has 162 valence electrons. The van der Waals surface area contributed by atoms with E-state index >= 15 is 0 Å². The molecule has 1 amide bonds. The molecule has 3 aromatic carbocycles. The predicted molar refractivity (Wildman–Crippen MR) is 125 cm³/mol. The number of ether oxygens (including phenoxy) is 1. The number of ketones is 1. The van der Waals surface area contributed by atoms with Crippen LogP contribution in [0.25, 0.3) is 0 Å². The van der Waals surface area contributed by atoms with Crippen LogP contribution in [0, 0.1) is 5.41 Å². The third-order valence-electron chi connectivity index (χ3n) is 6.69. The van der Waals surface area contributed by atoms with Crippen molar-refractivity contribution < 1.29 is 14.3 Å². The molecule has 0 saturated carbocycles. The molecule has 2 atom stereocenters. The Morgan fingerprint density at radius 1 is 0.812 bits per heavy atom. The van der Waals surface area contributed by atoms with Gasteiger partial charge in [0, 0.05) is 12.7 Å². The zero-order valence-corrected chi connectivity index (χ0v) is 18.5. The number of allylic oxidation sites excluding steroid dienone is 1. The normalized spacial score (nSPS) is 24.4. The van der Waals surface area contributed by atoms with E-state index in [4.69, 9.17) is 4.74 Å². The van der Waals surface area contributed by atoms with Gasteiger partial charge in [0.25, 0.3) is 0 Å². The van der Waals surface area contributed by atoms with Gasteiger partial charge in [-0.15, -0.1) is 0 Å². The first kappa shape index (κ1) is 21.7. The third-order valence-corrected chi connectivity index (χ3v) is 6.69. The van der Waals surface area contributed by atoms with Gasteiger partial charge in [0.05, 0.1) is 5.41 Å². The van der Waals surface area contributed by atoms with E-state index in [1.165, 1.54) is 13.0 Å². The van der Waals surface area contributed by atoms with Crippen molar-refractivity contribution in [1.82, 2.24) is 5.32 Å². The second-order valence-electron chi connectivity index (χ2n) is 8.33. The molecule has 0 unspecified atom stereocenters. The van der Waals surface area contributed by atoms with E-state index in [1.807, 2.05) is 104 Å². The van der Waals surface area contributed by atoms with E-state index in [0.29, 0.717) is 0 Å². The van der Waals surface area contributed by atoms with Crippen molar-refractivity contribution in [2.75, 3.05) is 7.11 Å². The number of carbonyl (C=O) groups is 2. The van der Waals surface area contributed by atoms with Gasteiger partial charge in [0.1, 0.15) is 5.41 Å². The number of nitrogens with one attached hydrogen (secondary N) is 1. The summed E-state index contributed by atoms with van der Waals surface area (Å²) in [7, 11) is 1.60. The van der Waals surface area contributed by atoms with Crippen LogP contribution in [0.4, 0.5) is 0 Å². The Morgan fingerprint density at radius 3 is 1.66 bits per heavy atom. The number of hydrogen-bond donors (Lipinski definition) is 1. The summed E-state index contributed by atoms with van der Waals surface area (Å²) in [6.45, 7) is 3.49. The fourth-order valence-electron chi connectivity index (χ4n) is 5.24. The average Bonchev–Trinajstić information content (AvgIpc) is 3.04. The van der Waals surface area contributed by atoms with E-state index in [1.54, 1.807) is 7.11 Å². The Morgan fingerprint density at radius 2 is 1.25 bits per heavy atom. The van der Waals surface area contributed by atoms with Crippen molar-refractivity contribution in [2.45, 2.75) is 25.0 Å². The lowest BCUT2D eigenvalue weighted by Gasteiger charge is -2.48. The van der Waals surface area contributed by atoms with Crippen LogP contribution in [-0.2, 0) is 25.5 Å². The maximum Gasteiger partial charge on any atom is 0.238 e. The maximum atomic E-state index is 14.2. The smallest absolute Gasteiger partial charge is 0.238 e. The van der Waals surface area contributed by atoms with Gasteiger partial charge in [-0.25, -0.2) is 0 Å². The highest BCUT2D eigenvalue weighted by Gasteiger charge is 2.71. The van der Waals surface area contributed by atoms with Gasteiger partial charge < -0.3 is 10.1 Å². The largest absolute Gasteiger partial charge is 0.354 e. The van der Waals surface area contributed by atoms with Crippen molar-refractivity contribution in [3.8, 4) is 0 Å². The first-order valence-electron chi connectivity index (χ1n) is 10.7. The molecule has 1 N–H and O–H groups in total. The zero-order valence-electron chi connectivity index (χ0n) is 18.5. The number of benzene rings is 3. The molecule has 1 heterocycles. The highest BCUT2D eigenvalue weighted by Crippen LogP contribution is 2.61. The molecule has 4 nitrogen and oxygen atoms in total. The number of hydrogen-bond acceptors (Lipinski definition) is 3. The minimum atomic E-state index is -1.21.